The Kier molecular flexibility index (Phi) is 6.93. The highest BCUT2D eigenvalue weighted by Crippen LogP contribution is 2.29. The van der Waals surface area contributed by atoms with Crippen molar-refractivity contribution in [3.05, 3.63) is 82.4 Å². The zero-order chi connectivity index (χ0) is 24.2. The van der Waals surface area contributed by atoms with Crippen LogP contribution >= 0.6 is 11.6 Å². The van der Waals surface area contributed by atoms with Gasteiger partial charge in [-0.1, -0.05) is 17.7 Å². The summed E-state index contributed by atoms with van der Waals surface area (Å²) in [5, 5.41) is 13.3. The Bertz CT molecular complexity index is 1210. The lowest BCUT2D eigenvalue weighted by atomic mass is 10.1. The van der Waals surface area contributed by atoms with E-state index in [1.165, 1.54) is 6.07 Å². The van der Waals surface area contributed by atoms with E-state index >= 15 is 0 Å². The summed E-state index contributed by atoms with van der Waals surface area (Å²) in [6.07, 6.45) is 0. The van der Waals surface area contributed by atoms with Crippen LogP contribution in [0.2, 0.25) is 5.02 Å². The van der Waals surface area contributed by atoms with Gasteiger partial charge in [0.15, 0.2) is 0 Å². The number of amides is 1. The summed E-state index contributed by atoms with van der Waals surface area (Å²) in [7, 11) is 1.56. The topological polar surface area (TPSA) is 82.1 Å². The number of carboxylic acid groups (broad SMARTS) is 1. The highest BCUT2D eigenvalue weighted by Gasteiger charge is 2.23. The zero-order valence-corrected chi connectivity index (χ0v) is 19.8. The molecule has 8 heteroatoms. The third kappa shape index (κ3) is 5.10. The molecule has 0 saturated carbocycles. The molecule has 0 aromatic heterocycles. The van der Waals surface area contributed by atoms with Crippen LogP contribution in [-0.4, -0.2) is 50.3 Å². The first-order chi connectivity index (χ1) is 16.4. The minimum Gasteiger partial charge on any atom is -0.497 e. The summed E-state index contributed by atoms with van der Waals surface area (Å²) in [6, 6.07) is 17.6. The predicted octanol–water partition coefficient (Wildman–Crippen LogP) is 4.93. The molecule has 7 nitrogen and oxygen atoms in total. The highest BCUT2D eigenvalue weighted by molar-refractivity contribution is 6.30. The van der Waals surface area contributed by atoms with Crippen molar-refractivity contribution in [2.75, 3.05) is 48.4 Å². The van der Waals surface area contributed by atoms with Gasteiger partial charge >= 0.3 is 5.97 Å². The molecule has 1 aliphatic heterocycles. The number of aryl methyl sites for hydroxylation is 1. The van der Waals surface area contributed by atoms with Gasteiger partial charge < -0.3 is 25.0 Å². The normalized spacial score (nSPS) is 13.5. The molecule has 1 aliphatic rings. The maximum Gasteiger partial charge on any atom is 0.337 e. The van der Waals surface area contributed by atoms with Gasteiger partial charge in [0.1, 0.15) is 5.75 Å². The number of ether oxygens (including phenoxy) is 1. The maximum absolute atomic E-state index is 12.6. The summed E-state index contributed by atoms with van der Waals surface area (Å²) in [5.74, 6) is -0.708. The minimum atomic E-state index is -1.04. The third-order valence-corrected chi connectivity index (χ3v) is 6.20. The van der Waals surface area contributed by atoms with E-state index in [4.69, 9.17) is 16.3 Å². The molecule has 1 heterocycles. The van der Waals surface area contributed by atoms with E-state index in [0.29, 0.717) is 40.8 Å². The van der Waals surface area contributed by atoms with Gasteiger partial charge in [-0.2, -0.15) is 0 Å². The lowest BCUT2D eigenvalue weighted by Gasteiger charge is -2.38. The van der Waals surface area contributed by atoms with Gasteiger partial charge in [0.2, 0.25) is 0 Å². The van der Waals surface area contributed by atoms with E-state index < -0.39 is 5.97 Å². The lowest BCUT2D eigenvalue weighted by molar-refractivity contribution is 0.0697. The van der Waals surface area contributed by atoms with Gasteiger partial charge in [0, 0.05) is 48.1 Å². The standard InChI is InChI=1S/C26H26ClN3O4/c1-17-3-6-19(27)15-24(17)30-13-11-29(12-14-30)23-10-7-20(16-22(23)26(32)33)28-25(31)18-4-8-21(34-2)9-5-18/h3-10,15-16H,11-14H2,1-2H3,(H,28,31)(H,32,33). The molecule has 4 rings (SSSR count). The summed E-state index contributed by atoms with van der Waals surface area (Å²) in [4.78, 5) is 28.9. The first-order valence-corrected chi connectivity index (χ1v) is 11.3. The van der Waals surface area contributed by atoms with E-state index in [0.717, 1.165) is 24.3 Å². The van der Waals surface area contributed by atoms with Crippen molar-refractivity contribution in [1.29, 1.82) is 0 Å². The third-order valence-electron chi connectivity index (χ3n) is 5.97. The van der Waals surface area contributed by atoms with E-state index in [2.05, 4.69) is 22.0 Å². The molecule has 0 radical (unpaired) electrons. The zero-order valence-electron chi connectivity index (χ0n) is 19.0. The number of carbonyl (C=O) groups excluding carboxylic acids is 1. The van der Waals surface area contributed by atoms with E-state index in [1.54, 1.807) is 43.5 Å². The number of hydrogen-bond donors (Lipinski definition) is 2. The molecule has 2 N–H and O–H groups in total. The number of benzene rings is 3. The molecule has 0 spiro atoms. The average molecular weight is 480 g/mol. The first kappa shape index (κ1) is 23.4. The molecule has 3 aromatic carbocycles. The van der Waals surface area contributed by atoms with Crippen LogP contribution in [0.15, 0.2) is 60.7 Å². The number of nitrogens with one attached hydrogen (secondary N) is 1. The molecule has 0 bridgehead atoms. The van der Waals surface area contributed by atoms with Crippen LogP contribution in [0, 0.1) is 6.92 Å². The van der Waals surface area contributed by atoms with E-state index in [-0.39, 0.29) is 11.5 Å². The molecule has 0 unspecified atom stereocenters. The Balaban J connectivity index is 1.48. The number of piperazine rings is 1. The fourth-order valence-electron chi connectivity index (χ4n) is 4.12. The van der Waals surface area contributed by atoms with Crippen molar-refractivity contribution < 1.29 is 19.4 Å². The SMILES string of the molecule is COc1ccc(C(=O)Nc2ccc(N3CCN(c4cc(Cl)ccc4C)CC3)c(C(=O)O)c2)cc1. The van der Waals surface area contributed by atoms with Crippen molar-refractivity contribution in [1.82, 2.24) is 0 Å². The van der Waals surface area contributed by atoms with Crippen LogP contribution in [-0.2, 0) is 0 Å². The highest BCUT2D eigenvalue weighted by atomic mass is 35.5. The second-order valence-electron chi connectivity index (χ2n) is 8.12. The number of carbonyl (C=O) groups is 2. The van der Waals surface area contributed by atoms with Crippen molar-refractivity contribution in [2.24, 2.45) is 0 Å². The summed E-state index contributed by atoms with van der Waals surface area (Å²) >= 11 is 6.18. The molecular formula is C26H26ClN3O4. The molecule has 0 aliphatic carbocycles. The second-order valence-corrected chi connectivity index (χ2v) is 8.56. The monoisotopic (exact) mass is 479 g/mol. The quantitative estimate of drug-likeness (QED) is 0.521. The maximum atomic E-state index is 12.6. The van der Waals surface area contributed by atoms with Gasteiger partial charge in [-0.25, -0.2) is 4.79 Å². The molecule has 3 aromatic rings. The largest absolute Gasteiger partial charge is 0.497 e. The number of carboxylic acids is 1. The molecule has 1 amide bonds. The van der Waals surface area contributed by atoms with Crippen LogP contribution in [0.3, 0.4) is 0 Å². The number of rotatable bonds is 6. The fraction of sp³-hybridized carbons (Fsp3) is 0.231. The van der Waals surface area contributed by atoms with Crippen molar-refractivity contribution in [3.63, 3.8) is 0 Å². The molecule has 0 atom stereocenters. The van der Waals surface area contributed by atoms with Gasteiger partial charge in [-0.05, 0) is 67.1 Å². The van der Waals surface area contributed by atoms with Gasteiger partial charge in [0.25, 0.3) is 5.91 Å². The molecule has 176 valence electrons. The fourth-order valence-corrected chi connectivity index (χ4v) is 4.28. The van der Waals surface area contributed by atoms with Crippen LogP contribution in [0.1, 0.15) is 26.3 Å². The number of halogens is 1. The Hall–Kier alpha value is -3.71. The molecule has 1 fully saturated rings. The number of methoxy groups -OCH3 is 1. The van der Waals surface area contributed by atoms with Gasteiger partial charge in [-0.3, -0.25) is 4.79 Å². The Morgan fingerprint density at radius 2 is 1.56 bits per heavy atom. The predicted molar refractivity (Wildman–Crippen MR) is 135 cm³/mol. The van der Waals surface area contributed by atoms with Crippen molar-refractivity contribution >= 4 is 40.5 Å². The lowest BCUT2D eigenvalue weighted by Crippen LogP contribution is -2.47. The van der Waals surface area contributed by atoms with Gasteiger partial charge in [0.05, 0.1) is 18.4 Å². The van der Waals surface area contributed by atoms with Crippen LogP contribution in [0.4, 0.5) is 17.1 Å². The number of hydrogen-bond acceptors (Lipinski definition) is 5. The van der Waals surface area contributed by atoms with Crippen molar-refractivity contribution in [2.45, 2.75) is 6.92 Å². The number of nitrogens with zero attached hydrogens (tertiary/aromatic N) is 2. The molecular weight excluding hydrogens is 454 g/mol. The van der Waals surface area contributed by atoms with E-state index in [1.807, 2.05) is 18.2 Å². The summed E-state index contributed by atoms with van der Waals surface area (Å²) in [6.45, 7) is 4.89. The second kappa shape index (κ2) is 10.1. The number of anilines is 3. The van der Waals surface area contributed by atoms with Crippen LogP contribution < -0.4 is 19.9 Å². The average Bonchev–Trinajstić information content (AvgIpc) is 2.85. The molecule has 1 saturated heterocycles. The van der Waals surface area contributed by atoms with Crippen LogP contribution in [0.25, 0.3) is 0 Å². The van der Waals surface area contributed by atoms with Crippen molar-refractivity contribution in [3.8, 4) is 5.75 Å². The first-order valence-electron chi connectivity index (χ1n) is 10.9. The Morgan fingerprint density at radius 3 is 2.18 bits per heavy atom. The Labute approximate surface area is 203 Å². The summed E-state index contributed by atoms with van der Waals surface area (Å²) < 4.78 is 5.11. The smallest absolute Gasteiger partial charge is 0.337 e. The van der Waals surface area contributed by atoms with Gasteiger partial charge in [-0.15, -0.1) is 0 Å². The van der Waals surface area contributed by atoms with Crippen LogP contribution in [0.5, 0.6) is 5.75 Å². The number of aromatic carboxylic acids is 1. The molecule has 34 heavy (non-hydrogen) atoms. The Morgan fingerprint density at radius 1 is 0.912 bits per heavy atom. The minimum absolute atomic E-state index is 0.153. The van der Waals surface area contributed by atoms with E-state index in [9.17, 15) is 14.7 Å². The summed E-state index contributed by atoms with van der Waals surface area (Å²) in [5.41, 5.74) is 3.92.